The van der Waals surface area contributed by atoms with Crippen molar-refractivity contribution in [1.29, 1.82) is 0 Å². The number of hydrogen-bond acceptors (Lipinski definition) is 4. The van der Waals surface area contributed by atoms with E-state index in [0.717, 1.165) is 12.8 Å². The van der Waals surface area contributed by atoms with Crippen LogP contribution in [-0.2, 0) is 14.3 Å². The molecule has 0 spiro atoms. The van der Waals surface area contributed by atoms with Crippen molar-refractivity contribution in [3.8, 4) is 0 Å². The van der Waals surface area contributed by atoms with Gasteiger partial charge < -0.3 is 20.1 Å². The van der Waals surface area contributed by atoms with Crippen LogP contribution in [0, 0.1) is 6.54 Å². The predicted molar refractivity (Wildman–Crippen MR) is 72.2 cm³/mol. The van der Waals surface area contributed by atoms with Gasteiger partial charge in [0.15, 0.2) is 0 Å². The Morgan fingerprint density at radius 3 is 2.47 bits per heavy atom. The highest BCUT2D eigenvalue weighted by atomic mass is 16.6. The average molecular weight is 273 g/mol. The monoisotopic (exact) mass is 273 g/mol. The molecule has 0 saturated carbocycles. The van der Waals surface area contributed by atoms with Crippen LogP contribution >= 0.6 is 0 Å². The Morgan fingerprint density at radius 1 is 1.21 bits per heavy atom. The van der Waals surface area contributed by atoms with Gasteiger partial charge >= 0.3 is 6.09 Å². The van der Waals surface area contributed by atoms with Gasteiger partial charge in [0, 0.05) is 13.5 Å². The molecular formula is C13H25N2O4. The first-order chi connectivity index (χ1) is 8.85. The van der Waals surface area contributed by atoms with Gasteiger partial charge in [-0.15, -0.1) is 0 Å². The molecule has 0 aromatic carbocycles. The molecule has 0 heterocycles. The maximum Gasteiger partial charge on any atom is 0.407 e. The maximum absolute atomic E-state index is 11.3. The van der Waals surface area contributed by atoms with Crippen molar-refractivity contribution in [2.24, 2.45) is 0 Å². The zero-order valence-corrected chi connectivity index (χ0v) is 12.2. The van der Waals surface area contributed by atoms with Crippen molar-refractivity contribution in [2.75, 3.05) is 13.8 Å². The summed E-state index contributed by atoms with van der Waals surface area (Å²) in [5.41, 5.74) is -0.489. The Hall–Kier alpha value is -1.30. The lowest BCUT2D eigenvalue weighted by atomic mass is 10.2. The molecule has 111 valence electrons. The molecule has 0 aliphatic heterocycles. The molecule has 0 aliphatic rings. The summed E-state index contributed by atoms with van der Waals surface area (Å²) in [7, 11) is 1.53. The first-order valence-electron chi connectivity index (χ1n) is 6.42. The second-order valence-corrected chi connectivity index (χ2v) is 5.13. The molecule has 2 N–H and O–H groups in total. The number of methoxy groups -OCH3 is 1. The molecule has 0 bridgehead atoms. The van der Waals surface area contributed by atoms with Gasteiger partial charge in [0.25, 0.3) is 0 Å². The van der Waals surface area contributed by atoms with Gasteiger partial charge in [0.05, 0.1) is 6.54 Å². The fraction of sp³-hybridized carbons (Fsp3) is 0.769. The molecule has 0 rings (SSSR count). The van der Waals surface area contributed by atoms with Crippen molar-refractivity contribution in [1.82, 2.24) is 10.6 Å². The SMILES string of the molecule is COCNC(=O)CCCC[CH]NC(=O)OC(C)(C)C. The molecule has 6 heteroatoms. The predicted octanol–water partition coefficient (Wildman–Crippen LogP) is 1.95. The molecule has 0 atom stereocenters. The molecule has 19 heavy (non-hydrogen) atoms. The third kappa shape index (κ3) is 12.9. The smallest absolute Gasteiger partial charge is 0.407 e. The van der Waals surface area contributed by atoms with Crippen molar-refractivity contribution >= 4 is 12.0 Å². The van der Waals surface area contributed by atoms with Gasteiger partial charge in [-0.25, -0.2) is 4.79 Å². The summed E-state index contributed by atoms with van der Waals surface area (Å²) in [6.07, 6.45) is 2.31. The normalized spacial score (nSPS) is 10.9. The van der Waals surface area contributed by atoms with E-state index in [2.05, 4.69) is 10.6 Å². The number of ether oxygens (including phenoxy) is 2. The Morgan fingerprint density at radius 2 is 1.89 bits per heavy atom. The Kier molecular flexibility index (Phi) is 8.95. The van der Waals surface area contributed by atoms with Crippen LogP contribution in [0.15, 0.2) is 0 Å². The van der Waals surface area contributed by atoms with Crippen LogP contribution in [0.25, 0.3) is 0 Å². The van der Waals surface area contributed by atoms with Crippen LogP contribution in [0.2, 0.25) is 0 Å². The highest BCUT2D eigenvalue weighted by Gasteiger charge is 2.15. The van der Waals surface area contributed by atoms with Crippen LogP contribution < -0.4 is 10.6 Å². The van der Waals surface area contributed by atoms with E-state index < -0.39 is 11.7 Å². The molecule has 0 saturated heterocycles. The second-order valence-electron chi connectivity index (χ2n) is 5.13. The van der Waals surface area contributed by atoms with Crippen LogP contribution in [0.1, 0.15) is 46.5 Å². The Labute approximate surface area is 115 Å². The molecule has 2 amide bonds. The number of alkyl carbamates (subject to hydrolysis) is 1. The summed E-state index contributed by atoms with van der Waals surface area (Å²) < 4.78 is 9.79. The van der Waals surface area contributed by atoms with Crippen molar-refractivity contribution in [2.45, 2.75) is 52.1 Å². The van der Waals surface area contributed by atoms with E-state index in [9.17, 15) is 9.59 Å². The standard InChI is InChI=1S/C13H25N2O4/c1-13(2,3)19-12(17)14-9-7-5-6-8-11(16)15-10-18-4/h9H,5-8,10H2,1-4H3,(H,14,17)(H,15,16). The van der Waals surface area contributed by atoms with E-state index in [0.29, 0.717) is 12.8 Å². The van der Waals surface area contributed by atoms with Gasteiger partial charge in [0.2, 0.25) is 5.91 Å². The minimum Gasteiger partial charge on any atom is -0.444 e. The molecule has 0 fully saturated rings. The number of carbonyl (C=O) groups is 2. The zero-order valence-electron chi connectivity index (χ0n) is 12.2. The van der Waals surface area contributed by atoms with Gasteiger partial charge in [-0.1, -0.05) is 6.42 Å². The lowest BCUT2D eigenvalue weighted by Crippen LogP contribution is -2.31. The fourth-order valence-corrected chi connectivity index (χ4v) is 1.24. The molecule has 6 nitrogen and oxygen atoms in total. The van der Waals surface area contributed by atoms with E-state index in [1.54, 1.807) is 6.54 Å². The summed E-state index contributed by atoms with van der Waals surface area (Å²) in [4.78, 5) is 22.5. The fourth-order valence-electron chi connectivity index (χ4n) is 1.24. The third-order valence-corrected chi connectivity index (χ3v) is 2.03. The number of unbranched alkanes of at least 4 members (excludes halogenated alkanes) is 2. The number of hydrogen-bond donors (Lipinski definition) is 2. The maximum atomic E-state index is 11.3. The third-order valence-electron chi connectivity index (χ3n) is 2.03. The summed E-state index contributed by atoms with van der Waals surface area (Å²) in [5, 5.41) is 5.16. The van der Waals surface area contributed by atoms with E-state index in [1.165, 1.54) is 7.11 Å². The van der Waals surface area contributed by atoms with Crippen LogP contribution in [0.4, 0.5) is 4.79 Å². The Balaban J connectivity index is 3.41. The second kappa shape index (κ2) is 9.61. The molecule has 0 aromatic heterocycles. The number of carbonyl (C=O) groups excluding carboxylic acids is 2. The van der Waals surface area contributed by atoms with Crippen LogP contribution in [-0.4, -0.2) is 31.4 Å². The number of nitrogens with one attached hydrogen (secondary N) is 2. The molecule has 0 unspecified atom stereocenters. The van der Waals surface area contributed by atoms with Crippen molar-refractivity contribution < 1.29 is 19.1 Å². The molecule has 0 aromatic rings. The van der Waals surface area contributed by atoms with Crippen LogP contribution in [0.5, 0.6) is 0 Å². The van der Waals surface area contributed by atoms with Gasteiger partial charge in [-0.05, 0) is 33.6 Å². The van der Waals surface area contributed by atoms with Crippen LogP contribution in [0.3, 0.4) is 0 Å². The van der Waals surface area contributed by atoms with Gasteiger partial charge in [-0.3, -0.25) is 4.79 Å². The Bertz CT molecular complexity index is 274. The molecule has 1 radical (unpaired) electrons. The molecular weight excluding hydrogens is 248 g/mol. The first kappa shape index (κ1) is 17.7. The number of amides is 2. The van der Waals surface area contributed by atoms with Gasteiger partial charge in [0.1, 0.15) is 12.3 Å². The van der Waals surface area contributed by atoms with Crippen molar-refractivity contribution in [3.05, 3.63) is 6.54 Å². The highest BCUT2D eigenvalue weighted by Crippen LogP contribution is 2.07. The van der Waals surface area contributed by atoms with E-state index in [-0.39, 0.29) is 12.6 Å². The lowest BCUT2D eigenvalue weighted by Gasteiger charge is -2.19. The first-order valence-corrected chi connectivity index (χ1v) is 6.42. The lowest BCUT2D eigenvalue weighted by molar-refractivity contribution is -0.122. The summed E-state index contributed by atoms with van der Waals surface area (Å²) >= 11 is 0. The van der Waals surface area contributed by atoms with E-state index in [1.807, 2.05) is 20.8 Å². The summed E-state index contributed by atoms with van der Waals surface area (Å²) in [6.45, 7) is 7.33. The average Bonchev–Trinajstić information content (AvgIpc) is 2.28. The molecule has 0 aliphatic carbocycles. The zero-order chi connectivity index (χ0) is 14.7. The van der Waals surface area contributed by atoms with E-state index in [4.69, 9.17) is 9.47 Å². The highest BCUT2D eigenvalue weighted by molar-refractivity contribution is 5.75. The van der Waals surface area contributed by atoms with Gasteiger partial charge in [-0.2, -0.15) is 0 Å². The minimum absolute atomic E-state index is 0.0260. The minimum atomic E-state index is -0.489. The topological polar surface area (TPSA) is 76.7 Å². The summed E-state index contributed by atoms with van der Waals surface area (Å²) in [5.74, 6) is -0.0260. The van der Waals surface area contributed by atoms with E-state index >= 15 is 0 Å². The van der Waals surface area contributed by atoms with Crippen molar-refractivity contribution in [3.63, 3.8) is 0 Å². The summed E-state index contributed by atoms with van der Waals surface area (Å²) in [6, 6.07) is 0. The largest absolute Gasteiger partial charge is 0.444 e. The number of rotatable bonds is 8. The quantitative estimate of drug-likeness (QED) is 0.523.